The minimum atomic E-state index is -0.964. The van der Waals surface area contributed by atoms with Crippen molar-refractivity contribution in [3.8, 4) is 0 Å². The number of pyridine rings is 1. The molecule has 1 aromatic rings. The van der Waals surface area contributed by atoms with Gasteiger partial charge in [-0.25, -0.2) is 4.39 Å². The van der Waals surface area contributed by atoms with Crippen molar-refractivity contribution in [3.05, 3.63) is 29.8 Å². The average molecular weight is 295 g/mol. The van der Waals surface area contributed by atoms with Gasteiger partial charge in [-0.2, -0.15) is 0 Å². The van der Waals surface area contributed by atoms with Crippen molar-refractivity contribution in [2.24, 2.45) is 10.9 Å². The number of amides is 1. The van der Waals surface area contributed by atoms with Gasteiger partial charge >= 0.3 is 0 Å². The summed E-state index contributed by atoms with van der Waals surface area (Å²) in [6.07, 6.45) is 3.28. The number of carbonyl (C=O) groups is 1. The zero-order valence-corrected chi connectivity index (χ0v) is 11.7. The molecule has 0 unspecified atom stereocenters. The molecule has 1 aromatic heterocycles. The normalized spacial score (nSPS) is 19.2. The van der Waals surface area contributed by atoms with E-state index in [1.54, 1.807) is 0 Å². The van der Waals surface area contributed by atoms with Crippen LogP contribution in [0.5, 0.6) is 0 Å². The molecule has 0 saturated carbocycles. The van der Waals surface area contributed by atoms with Gasteiger partial charge in [-0.05, 0) is 26.0 Å². The summed E-state index contributed by atoms with van der Waals surface area (Å²) in [6.45, 7) is 1.35. The maximum absolute atomic E-state index is 13.6. The van der Waals surface area contributed by atoms with Gasteiger partial charge in [0.25, 0.3) is 5.91 Å². The van der Waals surface area contributed by atoms with Gasteiger partial charge in [-0.3, -0.25) is 9.78 Å². The number of amidine groups is 1. The number of rotatable bonds is 3. The van der Waals surface area contributed by atoms with Crippen LogP contribution in [0.4, 0.5) is 4.39 Å². The van der Waals surface area contributed by atoms with Crippen molar-refractivity contribution in [2.45, 2.75) is 18.4 Å². The maximum atomic E-state index is 13.6. The molecule has 0 atom stereocenters. The second-order valence-electron chi connectivity index (χ2n) is 5.18. The fourth-order valence-corrected chi connectivity index (χ4v) is 2.39. The number of nitrogens with one attached hydrogen (secondary N) is 1. The van der Waals surface area contributed by atoms with Gasteiger partial charge in [-0.15, -0.1) is 0 Å². The lowest BCUT2D eigenvalue weighted by Crippen LogP contribution is -2.62. The summed E-state index contributed by atoms with van der Waals surface area (Å²) in [6, 6.07) is 1.29. The van der Waals surface area contributed by atoms with Gasteiger partial charge in [0, 0.05) is 19.3 Å². The first-order chi connectivity index (χ1) is 9.98. The first-order valence-corrected chi connectivity index (χ1v) is 6.57. The molecule has 2 rings (SSSR count). The second-order valence-corrected chi connectivity index (χ2v) is 5.18. The summed E-state index contributed by atoms with van der Waals surface area (Å²) >= 11 is 0. The van der Waals surface area contributed by atoms with Gasteiger partial charge < -0.3 is 21.2 Å². The van der Waals surface area contributed by atoms with E-state index in [4.69, 9.17) is 10.9 Å². The molecule has 1 aliphatic rings. The van der Waals surface area contributed by atoms with Gasteiger partial charge in [-0.1, -0.05) is 5.16 Å². The predicted molar refractivity (Wildman–Crippen MR) is 74.5 cm³/mol. The molecule has 8 heteroatoms. The summed E-state index contributed by atoms with van der Waals surface area (Å²) in [5, 5.41) is 14.7. The molecular weight excluding hydrogens is 277 g/mol. The Bertz CT molecular complexity index is 555. The average Bonchev–Trinajstić information content (AvgIpc) is 2.49. The quantitative estimate of drug-likeness (QED) is 0.319. The van der Waals surface area contributed by atoms with Crippen LogP contribution >= 0.6 is 0 Å². The smallest absolute Gasteiger partial charge is 0.255 e. The molecule has 0 aromatic carbocycles. The number of oxime groups is 1. The van der Waals surface area contributed by atoms with Crippen LogP contribution in [0.3, 0.4) is 0 Å². The highest BCUT2D eigenvalue weighted by Crippen LogP contribution is 2.23. The lowest BCUT2D eigenvalue weighted by molar-refractivity contribution is 0.0882. The van der Waals surface area contributed by atoms with Crippen molar-refractivity contribution < 1.29 is 14.4 Å². The molecule has 0 bridgehead atoms. The van der Waals surface area contributed by atoms with Gasteiger partial charge in [0.1, 0.15) is 5.54 Å². The van der Waals surface area contributed by atoms with E-state index in [0.29, 0.717) is 25.9 Å². The molecule has 0 spiro atoms. The number of halogens is 1. The fourth-order valence-electron chi connectivity index (χ4n) is 2.39. The van der Waals surface area contributed by atoms with Crippen LogP contribution in [0.15, 0.2) is 23.6 Å². The van der Waals surface area contributed by atoms with Crippen LogP contribution in [-0.2, 0) is 0 Å². The zero-order chi connectivity index (χ0) is 15.5. The number of nitrogens with zero attached hydrogens (tertiary/aromatic N) is 3. The summed E-state index contributed by atoms with van der Waals surface area (Å²) < 4.78 is 13.6. The second kappa shape index (κ2) is 6.04. The lowest BCUT2D eigenvalue weighted by atomic mass is 9.86. The zero-order valence-electron chi connectivity index (χ0n) is 11.7. The highest BCUT2D eigenvalue weighted by molar-refractivity contribution is 6.00. The molecule has 0 aliphatic carbocycles. The molecule has 1 saturated heterocycles. The molecule has 21 heavy (non-hydrogen) atoms. The molecule has 2 heterocycles. The summed E-state index contributed by atoms with van der Waals surface area (Å²) in [7, 11) is 1.94. The first-order valence-electron chi connectivity index (χ1n) is 6.57. The summed E-state index contributed by atoms with van der Waals surface area (Å²) in [4.78, 5) is 17.9. The van der Waals surface area contributed by atoms with Crippen LogP contribution in [0.25, 0.3) is 0 Å². The highest BCUT2D eigenvalue weighted by Gasteiger charge is 2.40. The van der Waals surface area contributed by atoms with Crippen LogP contribution in [0.2, 0.25) is 0 Å². The molecule has 0 radical (unpaired) electrons. The number of hydrogen-bond donors (Lipinski definition) is 3. The Hall–Kier alpha value is -2.22. The summed E-state index contributed by atoms with van der Waals surface area (Å²) in [5.74, 6) is -1.39. The Morgan fingerprint density at radius 1 is 1.57 bits per heavy atom. The largest absolute Gasteiger partial charge is 0.409 e. The highest BCUT2D eigenvalue weighted by atomic mass is 19.1. The van der Waals surface area contributed by atoms with Crippen molar-refractivity contribution in [2.75, 3.05) is 20.1 Å². The number of piperidine rings is 1. The molecule has 114 valence electrons. The maximum Gasteiger partial charge on any atom is 0.255 e. The number of hydrogen-bond acceptors (Lipinski definition) is 5. The number of nitrogens with two attached hydrogens (primary N) is 1. The third-order valence-electron chi connectivity index (χ3n) is 3.81. The molecule has 4 N–H and O–H groups in total. The van der Waals surface area contributed by atoms with E-state index in [2.05, 4.69) is 20.4 Å². The molecule has 1 fully saturated rings. The van der Waals surface area contributed by atoms with Crippen molar-refractivity contribution >= 4 is 11.7 Å². The number of aromatic nitrogens is 1. The Morgan fingerprint density at radius 3 is 2.81 bits per heavy atom. The van der Waals surface area contributed by atoms with Gasteiger partial charge in [0.15, 0.2) is 11.7 Å². The topological polar surface area (TPSA) is 104 Å². The Morgan fingerprint density at radius 2 is 2.24 bits per heavy atom. The predicted octanol–water partition coefficient (Wildman–Crippen LogP) is 0.161. The standard InChI is InChI=1S/C13H18FN5O2/c1-19-6-3-13(4-7-19,12(15)18-21)17-11(20)9-2-5-16-8-10(9)14/h2,5,8,21H,3-4,6-7H2,1H3,(H2,15,18)(H,17,20). The van der Waals surface area contributed by atoms with Crippen molar-refractivity contribution in [1.29, 1.82) is 0 Å². The van der Waals surface area contributed by atoms with Crippen LogP contribution in [-0.4, -0.2) is 52.5 Å². The Kier molecular flexibility index (Phi) is 4.37. The van der Waals surface area contributed by atoms with E-state index in [1.807, 2.05) is 7.05 Å². The molecular formula is C13H18FN5O2. The van der Waals surface area contributed by atoms with Gasteiger partial charge in [0.2, 0.25) is 0 Å². The first kappa shape index (κ1) is 15.2. The molecule has 1 amide bonds. The van der Waals surface area contributed by atoms with Crippen LogP contribution < -0.4 is 11.1 Å². The number of carbonyl (C=O) groups excluding carboxylic acids is 1. The molecule has 7 nitrogen and oxygen atoms in total. The van der Waals surface area contributed by atoms with E-state index >= 15 is 0 Å². The van der Waals surface area contributed by atoms with Crippen LogP contribution in [0, 0.1) is 5.82 Å². The van der Waals surface area contributed by atoms with E-state index in [9.17, 15) is 9.18 Å². The minimum absolute atomic E-state index is 0.0709. The summed E-state index contributed by atoms with van der Waals surface area (Å²) in [5.41, 5.74) is 4.67. The van der Waals surface area contributed by atoms with Crippen molar-refractivity contribution in [3.63, 3.8) is 0 Å². The van der Waals surface area contributed by atoms with E-state index in [0.717, 1.165) is 6.20 Å². The van der Waals surface area contributed by atoms with E-state index in [-0.39, 0.29) is 11.4 Å². The third kappa shape index (κ3) is 3.10. The van der Waals surface area contributed by atoms with Crippen LogP contribution in [0.1, 0.15) is 23.2 Å². The minimum Gasteiger partial charge on any atom is -0.409 e. The number of likely N-dealkylation sites (tertiary alicyclic amines) is 1. The lowest BCUT2D eigenvalue weighted by Gasteiger charge is -2.40. The van der Waals surface area contributed by atoms with Crippen molar-refractivity contribution in [1.82, 2.24) is 15.2 Å². The Labute approximate surface area is 121 Å². The SMILES string of the molecule is CN1CCC(NC(=O)c2ccncc2F)(C(N)=NO)CC1. The Balaban J connectivity index is 2.24. The van der Waals surface area contributed by atoms with E-state index in [1.165, 1.54) is 12.3 Å². The fraction of sp³-hybridized carbons (Fsp3) is 0.462. The van der Waals surface area contributed by atoms with E-state index < -0.39 is 17.3 Å². The third-order valence-corrected chi connectivity index (χ3v) is 3.81. The monoisotopic (exact) mass is 295 g/mol. The van der Waals surface area contributed by atoms with Gasteiger partial charge in [0.05, 0.1) is 11.8 Å². The molecule has 1 aliphatic heterocycles.